The van der Waals surface area contributed by atoms with E-state index in [0.29, 0.717) is 19.4 Å². The Balaban J connectivity index is 2.63. The van der Waals surface area contributed by atoms with Crippen LogP contribution in [-0.4, -0.2) is 22.5 Å². The van der Waals surface area contributed by atoms with Crippen molar-refractivity contribution >= 4 is 5.91 Å². The number of aromatic amines is 1. The summed E-state index contributed by atoms with van der Waals surface area (Å²) in [5, 5.41) is 11.3. The first kappa shape index (κ1) is 12.0. The smallest absolute Gasteiger partial charge is 0.390 e. The first-order valence-electron chi connectivity index (χ1n) is 5.15. The van der Waals surface area contributed by atoms with E-state index in [1.54, 1.807) is 0 Å². The van der Waals surface area contributed by atoms with Crippen LogP contribution < -0.4 is 5.32 Å². The lowest BCUT2D eigenvalue weighted by Crippen LogP contribution is -2.25. The summed E-state index contributed by atoms with van der Waals surface area (Å²) in [5.74, 6) is -0.735. The molecule has 0 bridgehead atoms. The van der Waals surface area contributed by atoms with Gasteiger partial charge in [-0.1, -0.05) is 0 Å². The normalized spacial score (nSPS) is 16.4. The lowest BCUT2D eigenvalue weighted by Gasteiger charge is -2.09. The van der Waals surface area contributed by atoms with Crippen LogP contribution >= 0.6 is 0 Å². The summed E-state index contributed by atoms with van der Waals surface area (Å²) in [4.78, 5) is 14.1. The molecular formula is C10H11F3N2O2. The SMILES string of the molecule is O=C1NCCCc2[nH]c(CO)c(C(F)(F)F)c21. The number of hydrogen-bond acceptors (Lipinski definition) is 2. The number of H-pyrrole nitrogens is 1. The van der Waals surface area contributed by atoms with Crippen molar-refractivity contribution in [2.24, 2.45) is 0 Å². The average molecular weight is 248 g/mol. The predicted molar refractivity (Wildman–Crippen MR) is 52.4 cm³/mol. The third-order valence-electron chi connectivity index (χ3n) is 2.71. The van der Waals surface area contributed by atoms with Crippen molar-refractivity contribution < 1.29 is 23.1 Å². The fraction of sp³-hybridized carbons (Fsp3) is 0.500. The first-order chi connectivity index (χ1) is 7.95. The van der Waals surface area contributed by atoms with Gasteiger partial charge in [-0.25, -0.2) is 0 Å². The summed E-state index contributed by atoms with van der Waals surface area (Å²) < 4.78 is 38.6. The van der Waals surface area contributed by atoms with E-state index < -0.39 is 24.3 Å². The Labute approximate surface area is 94.8 Å². The largest absolute Gasteiger partial charge is 0.419 e. The molecule has 0 aliphatic carbocycles. The van der Waals surface area contributed by atoms with Crippen LogP contribution in [0.2, 0.25) is 0 Å². The second-order valence-corrected chi connectivity index (χ2v) is 3.85. The molecule has 1 amide bonds. The molecule has 0 spiro atoms. The topological polar surface area (TPSA) is 65.1 Å². The molecule has 94 valence electrons. The molecule has 1 aliphatic heterocycles. The predicted octanol–water partition coefficient (Wildman–Crippen LogP) is 1.20. The summed E-state index contributed by atoms with van der Waals surface area (Å²) >= 11 is 0. The van der Waals surface area contributed by atoms with E-state index >= 15 is 0 Å². The summed E-state index contributed by atoms with van der Waals surface area (Å²) in [5.41, 5.74) is -1.52. The molecule has 1 aromatic heterocycles. The third kappa shape index (κ3) is 2.02. The monoisotopic (exact) mass is 248 g/mol. The van der Waals surface area contributed by atoms with Gasteiger partial charge in [-0.15, -0.1) is 0 Å². The number of aliphatic hydroxyl groups excluding tert-OH is 1. The highest BCUT2D eigenvalue weighted by atomic mass is 19.4. The van der Waals surface area contributed by atoms with Crippen molar-refractivity contribution in [2.45, 2.75) is 25.6 Å². The second kappa shape index (κ2) is 4.06. The summed E-state index contributed by atoms with van der Waals surface area (Å²) in [6.45, 7) is -0.414. The van der Waals surface area contributed by atoms with Crippen LogP contribution in [0.25, 0.3) is 0 Å². The van der Waals surface area contributed by atoms with Gasteiger partial charge in [-0.05, 0) is 12.8 Å². The number of alkyl halides is 3. The maximum atomic E-state index is 12.9. The zero-order valence-corrected chi connectivity index (χ0v) is 8.82. The van der Waals surface area contributed by atoms with Crippen LogP contribution in [-0.2, 0) is 19.2 Å². The molecule has 0 saturated heterocycles. The van der Waals surface area contributed by atoms with Gasteiger partial charge in [0.15, 0.2) is 0 Å². The highest BCUT2D eigenvalue weighted by Gasteiger charge is 2.41. The minimum atomic E-state index is -4.65. The Morgan fingerprint density at radius 2 is 2.06 bits per heavy atom. The molecular weight excluding hydrogens is 237 g/mol. The van der Waals surface area contributed by atoms with Crippen molar-refractivity contribution in [3.8, 4) is 0 Å². The number of carbonyl (C=O) groups excluding carboxylic acids is 1. The standard InChI is InChI=1S/C10H11F3N2O2/c11-10(12,13)8-6(4-16)15-5-2-1-3-14-9(17)7(5)8/h15-16H,1-4H2,(H,14,17). The number of rotatable bonds is 1. The molecule has 0 radical (unpaired) electrons. The molecule has 0 saturated carbocycles. The molecule has 1 aromatic rings. The van der Waals surface area contributed by atoms with Crippen molar-refractivity contribution in [1.29, 1.82) is 0 Å². The minimum Gasteiger partial charge on any atom is -0.390 e. The first-order valence-corrected chi connectivity index (χ1v) is 5.15. The molecule has 17 heavy (non-hydrogen) atoms. The maximum absolute atomic E-state index is 12.9. The van der Waals surface area contributed by atoms with Crippen molar-refractivity contribution in [1.82, 2.24) is 10.3 Å². The Hall–Kier alpha value is -1.50. The van der Waals surface area contributed by atoms with Crippen LogP contribution in [0.15, 0.2) is 0 Å². The van der Waals surface area contributed by atoms with E-state index in [4.69, 9.17) is 5.11 Å². The molecule has 0 atom stereocenters. The van der Waals surface area contributed by atoms with E-state index in [0.717, 1.165) is 0 Å². The van der Waals surface area contributed by atoms with Gasteiger partial charge < -0.3 is 15.4 Å². The van der Waals surface area contributed by atoms with Gasteiger partial charge in [0.05, 0.1) is 23.4 Å². The number of aromatic nitrogens is 1. The summed E-state index contributed by atoms with van der Waals surface area (Å²) in [6.07, 6.45) is -3.72. The Morgan fingerprint density at radius 3 is 2.65 bits per heavy atom. The molecule has 4 nitrogen and oxygen atoms in total. The molecule has 2 rings (SSSR count). The fourth-order valence-electron chi connectivity index (χ4n) is 2.03. The minimum absolute atomic E-state index is 0.247. The lowest BCUT2D eigenvalue weighted by atomic mass is 10.1. The van der Waals surface area contributed by atoms with Crippen LogP contribution in [0.4, 0.5) is 13.2 Å². The van der Waals surface area contributed by atoms with E-state index in [-0.39, 0.29) is 17.0 Å². The lowest BCUT2D eigenvalue weighted by molar-refractivity contribution is -0.138. The Morgan fingerprint density at radius 1 is 1.35 bits per heavy atom. The third-order valence-corrected chi connectivity index (χ3v) is 2.71. The van der Waals surface area contributed by atoms with Gasteiger partial charge in [-0.3, -0.25) is 4.79 Å². The second-order valence-electron chi connectivity index (χ2n) is 3.85. The Kier molecular flexibility index (Phi) is 2.86. The van der Waals surface area contributed by atoms with E-state index in [9.17, 15) is 18.0 Å². The zero-order valence-electron chi connectivity index (χ0n) is 8.82. The molecule has 0 fully saturated rings. The molecule has 0 unspecified atom stereocenters. The number of hydrogen-bond donors (Lipinski definition) is 3. The van der Waals surface area contributed by atoms with E-state index in [2.05, 4.69) is 10.3 Å². The molecule has 7 heteroatoms. The van der Waals surface area contributed by atoms with Gasteiger partial charge in [-0.2, -0.15) is 13.2 Å². The molecule has 0 aromatic carbocycles. The van der Waals surface area contributed by atoms with Crippen molar-refractivity contribution in [3.63, 3.8) is 0 Å². The van der Waals surface area contributed by atoms with Crippen LogP contribution in [0.5, 0.6) is 0 Å². The summed E-state index contributed by atoms with van der Waals surface area (Å²) in [7, 11) is 0. The maximum Gasteiger partial charge on any atom is 0.419 e. The molecule has 3 N–H and O–H groups in total. The fourth-order valence-corrected chi connectivity index (χ4v) is 2.03. The number of halogens is 3. The van der Waals surface area contributed by atoms with Gasteiger partial charge in [0.1, 0.15) is 0 Å². The molecule has 2 heterocycles. The number of aryl methyl sites for hydroxylation is 1. The number of amides is 1. The van der Waals surface area contributed by atoms with Crippen LogP contribution in [0.1, 0.15) is 33.7 Å². The van der Waals surface area contributed by atoms with Gasteiger partial charge in [0.25, 0.3) is 5.91 Å². The average Bonchev–Trinajstić information content (AvgIpc) is 2.54. The van der Waals surface area contributed by atoms with Gasteiger partial charge in [0, 0.05) is 12.2 Å². The number of nitrogens with one attached hydrogen (secondary N) is 2. The highest BCUT2D eigenvalue weighted by Crippen LogP contribution is 2.37. The highest BCUT2D eigenvalue weighted by molar-refractivity contribution is 5.97. The van der Waals surface area contributed by atoms with E-state index in [1.165, 1.54) is 0 Å². The summed E-state index contributed by atoms with van der Waals surface area (Å²) in [6, 6.07) is 0. The van der Waals surface area contributed by atoms with Crippen molar-refractivity contribution in [3.05, 3.63) is 22.5 Å². The van der Waals surface area contributed by atoms with Gasteiger partial charge >= 0.3 is 6.18 Å². The number of aliphatic hydroxyl groups is 1. The van der Waals surface area contributed by atoms with Crippen LogP contribution in [0.3, 0.4) is 0 Å². The number of carbonyl (C=O) groups is 1. The van der Waals surface area contributed by atoms with Gasteiger partial charge in [0.2, 0.25) is 0 Å². The quantitative estimate of drug-likeness (QED) is 0.699. The van der Waals surface area contributed by atoms with Crippen molar-refractivity contribution in [2.75, 3.05) is 6.54 Å². The molecule has 1 aliphatic rings. The Bertz CT molecular complexity index is 451. The van der Waals surface area contributed by atoms with E-state index in [1.807, 2.05) is 0 Å². The number of fused-ring (bicyclic) bond motifs is 1. The van der Waals surface area contributed by atoms with Crippen LogP contribution in [0, 0.1) is 0 Å². The zero-order chi connectivity index (χ0) is 12.6.